The van der Waals surface area contributed by atoms with E-state index in [0.717, 1.165) is 17.7 Å². The van der Waals surface area contributed by atoms with Gasteiger partial charge in [-0.1, -0.05) is 23.7 Å². The average molecular weight is 464 g/mol. The van der Waals surface area contributed by atoms with Crippen LogP contribution in [0.4, 0.5) is 10.1 Å². The van der Waals surface area contributed by atoms with E-state index in [-0.39, 0.29) is 9.92 Å². The highest BCUT2D eigenvalue weighted by atomic mass is 35.5. The summed E-state index contributed by atoms with van der Waals surface area (Å²) < 4.78 is 53.3. The van der Waals surface area contributed by atoms with Gasteiger partial charge in [-0.05, 0) is 67.9 Å². The first-order valence-corrected chi connectivity index (χ1v) is 11.3. The van der Waals surface area contributed by atoms with Gasteiger partial charge in [-0.3, -0.25) is 4.31 Å². The number of rotatable bonds is 7. The molecule has 0 N–H and O–H groups in total. The molecule has 0 aromatic heterocycles. The van der Waals surface area contributed by atoms with Crippen LogP contribution in [0.15, 0.2) is 65.6 Å². The molecule has 0 heterocycles. The highest BCUT2D eigenvalue weighted by Crippen LogP contribution is 2.39. The smallest absolute Gasteiger partial charge is 0.264 e. The summed E-state index contributed by atoms with van der Waals surface area (Å²) in [4.78, 5) is -0.117. The Labute approximate surface area is 187 Å². The molecular weight excluding hydrogens is 441 g/mol. The average Bonchev–Trinajstić information content (AvgIpc) is 2.75. The zero-order valence-electron chi connectivity index (χ0n) is 17.6. The van der Waals surface area contributed by atoms with E-state index in [1.54, 1.807) is 43.3 Å². The molecule has 8 heteroatoms. The van der Waals surface area contributed by atoms with E-state index in [4.69, 9.17) is 21.1 Å². The van der Waals surface area contributed by atoms with Gasteiger partial charge in [-0.25, -0.2) is 12.8 Å². The van der Waals surface area contributed by atoms with Crippen LogP contribution >= 0.6 is 11.6 Å². The van der Waals surface area contributed by atoms with Gasteiger partial charge < -0.3 is 9.47 Å². The fraction of sp³-hybridized carbons (Fsp3) is 0.217. The summed E-state index contributed by atoms with van der Waals surface area (Å²) in [7, 11) is -1.07. The Morgan fingerprint density at radius 3 is 2.35 bits per heavy atom. The van der Waals surface area contributed by atoms with Crippen LogP contribution in [0.2, 0.25) is 5.02 Å². The summed E-state index contributed by atoms with van der Waals surface area (Å²) in [6, 6.07) is 15.0. The van der Waals surface area contributed by atoms with E-state index in [1.165, 1.54) is 24.6 Å². The fourth-order valence-electron chi connectivity index (χ4n) is 3.38. The highest BCUT2D eigenvalue weighted by molar-refractivity contribution is 7.92. The summed E-state index contributed by atoms with van der Waals surface area (Å²) in [6.45, 7) is 3.63. The van der Waals surface area contributed by atoms with Gasteiger partial charge in [0.1, 0.15) is 17.3 Å². The molecule has 31 heavy (non-hydrogen) atoms. The molecule has 0 radical (unpaired) electrons. The summed E-state index contributed by atoms with van der Waals surface area (Å²) in [5.74, 6) is 0.387. The molecule has 3 aromatic rings. The molecule has 0 saturated carbocycles. The second-order valence-electron chi connectivity index (χ2n) is 7.00. The zero-order valence-corrected chi connectivity index (χ0v) is 19.2. The second-order valence-corrected chi connectivity index (χ2v) is 9.22. The van der Waals surface area contributed by atoms with Crippen LogP contribution in [-0.2, 0) is 10.0 Å². The van der Waals surface area contributed by atoms with Gasteiger partial charge >= 0.3 is 0 Å². The number of sulfonamides is 1. The minimum Gasteiger partial charge on any atom is -0.497 e. The number of ether oxygens (including phenoxy) is 2. The van der Waals surface area contributed by atoms with Gasteiger partial charge in [0.25, 0.3) is 10.0 Å². The van der Waals surface area contributed by atoms with Gasteiger partial charge in [-0.2, -0.15) is 0 Å². The second kappa shape index (κ2) is 9.16. The summed E-state index contributed by atoms with van der Waals surface area (Å²) in [6.07, 6.45) is 0. The molecule has 0 bridgehead atoms. The molecule has 5 nitrogen and oxygen atoms in total. The van der Waals surface area contributed by atoms with Crippen molar-refractivity contribution in [1.29, 1.82) is 0 Å². The van der Waals surface area contributed by atoms with Crippen molar-refractivity contribution in [3.05, 3.63) is 82.6 Å². The number of anilines is 1. The molecule has 3 rings (SSSR count). The number of methoxy groups -OCH3 is 2. The lowest BCUT2D eigenvalue weighted by molar-refractivity contribution is 0.396. The molecular formula is C23H23ClFNO4S. The largest absolute Gasteiger partial charge is 0.497 e. The maximum atomic E-state index is 13.7. The summed E-state index contributed by atoms with van der Waals surface area (Å²) in [5, 5.41) is -0.267. The summed E-state index contributed by atoms with van der Waals surface area (Å²) in [5.41, 5.74) is 1.96. The van der Waals surface area contributed by atoms with Crippen LogP contribution in [0.1, 0.15) is 24.1 Å². The van der Waals surface area contributed by atoms with Crippen LogP contribution in [-0.4, -0.2) is 22.6 Å². The molecule has 1 atom stereocenters. The molecule has 0 aliphatic rings. The number of hydrogen-bond acceptors (Lipinski definition) is 4. The lowest BCUT2D eigenvalue weighted by Gasteiger charge is -2.32. The first-order valence-electron chi connectivity index (χ1n) is 9.47. The number of hydrogen-bond donors (Lipinski definition) is 0. The molecule has 0 aliphatic carbocycles. The van der Waals surface area contributed by atoms with Crippen LogP contribution < -0.4 is 13.8 Å². The Bertz CT molecular complexity index is 1200. The van der Waals surface area contributed by atoms with E-state index in [1.807, 2.05) is 13.0 Å². The molecule has 0 fully saturated rings. The molecule has 0 saturated heterocycles. The maximum absolute atomic E-state index is 13.7. The Hall–Kier alpha value is -2.77. The standard InChI is InChI=1S/C23H23ClFNO4S/c1-15-6-5-7-17(12-15)26(31(27,28)19-9-10-22(25)21(24)14-19)16(2)20-13-18(29-3)8-11-23(20)30-4/h5-14,16H,1-4H3/t16-/m1/s1. The number of benzene rings is 3. The van der Waals surface area contributed by atoms with E-state index in [0.29, 0.717) is 22.7 Å². The Kier molecular flexibility index (Phi) is 6.77. The highest BCUT2D eigenvalue weighted by Gasteiger charge is 2.32. The van der Waals surface area contributed by atoms with Crippen molar-refractivity contribution >= 4 is 27.3 Å². The van der Waals surface area contributed by atoms with Gasteiger partial charge in [0.2, 0.25) is 0 Å². The third kappa shape index (κ3) is 4.62. The zero-order chi connectivity index (χ0) is 22.8. The molecule has 0 amide bonds. The van der Waals surface area contributed by atoms with Crippen molar-refractivity contribution in [2.75, 3.05) is 18.5 Å². The minimum atomic E-state index is -4.12. The summed E-state index contributed by atoms with van der Waals surface area (Å²) >= 11 is 5.89. The maximum Gasteiger partial charge on any atom is 0.264 e. The molecule has 0 unspecified atom stereocenters. The van der Waals surface area contributed by atoms with Crippen LogP contribution in [0.25, 0.3) is 0 Å². The van der Waals surface area contributed by atoms with Gasteiger partial charge in [0.05, 0.1) is 35.9 Å². The topological polar surface area (TPSA) is 55.8 Å². The minimum absolute atomic E-state index is 0.117. The number of nitrogens with zero attached hydrogens (tertiary/aromatic N) is 1. The van der Waals surface area contributed by atoms with Gasteiger partial charge in [0, 0.05) is 5.56 Å². The van der Waals surface area contributed by atoms with Gasteiger partial charge in [-0.15, -0.1) is 0 Å². The predicted octanol–water partition coefficient (Wildman–Crippen LogP) is 5.76. The van der Waals surface area contributed by atoms with Crippen molar-refractivity contribution in [3.8, 4) is 11.5 Å². The van der Waals surface area contributed by atoms with Crippen LogP contribution in [0, 0.1) is 12.7 Å². The first kappa shape index (κ1) is 22.9. The molecule has 164 valence electrons. The lowest BCUT2D eigenvalue weighted by Crippen LogP contribution is -2.34. The van der Waals surface area contributed by atoms with Crippen molar-refractivity contribution in [3.63, 3.8) is 0 Å². The van der Waals surface area contributed by atoms with Crippen LogP contribution in [0.3, 0.4) is 0 Å². The first-order chi connectivity index (χ1) is 14.7. The van der Waals surface area contributed by atoms with Crippen molar-refractivity contribution in [2.24, 2.45) is 0 Å². The van der Waals surface area contributed by atoms with Crippen molar-refractivity contribution in [1.82, 2.24) is 0 Å². The van der Waals surface area contributed by atoms with E-state index in [2.05, 4.69) is 0 Å². The number of halogens is 2. The van der Waals surface area contributed by atoms with Crippen molar-refractivity contribution < 1.29 is 22.3 Å². The quantitative estimate of drug-likeness (QED) is 0.447. The van der Waals surface area contributed by atoms with E-state index >= 15 is 0 Å². The Balaban J connectivity index is 2.24. The molecule has 0 spiro atoms. The predicted molar refractivity (Wildman–Crippen MR) is 120 cm³/mol. The molecule has 0 aliphatic heterocycles. The Morgan fingerprint density at radius 2 is 1.74 bits per heavy atom. The SMILES string of the molecule is COc1ccc(OC)c([C@@H](C)N(c2cccc(C)c2)S(=O)(=O)c2ccc(F)c(Cl)c2)c1. The van der Waals surface area contributed by atoms with Crippen molar-refractivity contribution in [2.45, 2.75) is 24.8 Å². The van der Waals surface area contributed by atoms with E-state index < -0.39 is 21.9 Å². The number of aryl methyl sites for hydroxylation is 1. The molecule has 3 aromatic carbocycles. The lowest BCUT2D eigenvalue weighted by atomic mass is 10.1. The fourth-order valence-corrected chi connectivity index (χ4v) is 5.28. The van der Waals surface area contributed by atoms with Gasteiger partial charge in [0.15, 0.2) is 0 Å². The monoisotopic (exact) mass is 463 g/mol. The Morgan fingerprint density at radius 1 is 1.00 bits per heavy atom. The van der Waals surface area contributed by atoms with Crippen LogP contribution in [0.5, 0.6) is 11.5 Å². The normalized spacial score (nSPS) is 12.3. The van der Waals surface area contributed by atoms with E-state index in [9.17, 15) is 12.8 Å². The third-order valence-electron chi connectivity index (χ3n) is 4.94. The third-order valence-corrected chi connectivity index (χ3v) is 7.13.